The molecule has 0 unspecified atom stereocenters. The molecule has 1 aromatic carbocycles. The van der Waals surface area contributed by atoms with Gasteiger partial charge in [-0.3, -0.25) is 4.79 Å². The lowest BCUT2D eigenvalue weighted by Gasteiger charge is -2.35. The van der Waals surface area contributed by atoms with E-state index in [0.29, 0.717) is 0 Å². The zero-order chi connectivity index (χ0) is 15.2. The molecule has 20 heavy (non-hydrogen) atoms. The number of hydroxylamine groups is 2. The molecule has 0 saturated heterocycles. The maximum atomic E-state index is 11.9. The lowest BCUT2D eigenvalue weighted by Crippen LogP contribution is -2.55. The number of nitrogens with zero attached hydrogens (tertiary/aromatic N) is 1. The molecule has 1 atom stereocenters. The van der Waals surface area contributed by atoms with E-state index in [1.807, 2.05) is 30.3 Å². The van der Waals surface area contributed by atoms with Crippen LogP contribution in [-0.2, 0) is 25.7 Å². The number of carbonyl (C=O) groups is 2. The summed E-state index contributed by atoms with van der Waals surface area (Å²) in [5.41, 5.74) is -0.631. The van der Waals surface area contributed by atoms with Gasteiger partial charge in [0, 0.05) is 6.92 Å². The van der Waals surface area contributed by atoms with Crippen LogP contribution in [0.4, 0.5) is 0 Å². The van der Waals surface area contributed by atoms with E-state index >= 15 is 0 Å². The predicted octanol–water partition coefficient (Wildman–Crippen LogP) is 0.891. The van der Waals surface area contributed by atoms with Crippen molar-refractivity contribution in [2.45, 2.75) is 25.9 Å². The Morgan fingerprint density at radius 2 is 1.90 bits per heavy atom. The summed E-state index contributed by atoms with van der Waals surface area (Å²) in [5, 5.41) is 10.6. The summed E-state index contributed by atoms with van der Waals surface area (Å²) >= 11 is 0. The Bertz CT molecular complexity index is 462. The molecule has 1 aromatic rings. The summed E-state index contributed by atoms with van der Waals surface area (Å²) in [7, 11) is 1.21. The third-order valence-electron chi connectivity index (χ3n) is 2.89. The Morgan fingerprint density at radius 1 is 1.30 bits per heavy atom. The normalized spacial score (nSPS) is 13.7. The third kappa shape index (κ3) is 3.79. The molecular formula is C14H19NO5. The standard InChI is InChI=1S/C14H19NO5/c1-11(17)20-15(9-12-7-5-4-6-8-12)14(2,10-16)13(18)19-3/h4-8,16H,9-10H2,1-3H3/t14-/m1/s1. The van der Waals surface area contributed by atoms with Crippen LogP contribution in [0.25, 0.3) is 0 Å². The van der Waals surface area contributed by atoms with Gasteiger partial charge in [-0.25, -0.2) is 4.79 Å². The number of rotatable bonds is 6. The van der Waals surface area contributed by atoms with E-state index in [-0.39, 0.29) is 6.54 Å². The average molecular weight is 281 g/mol. The quantitative estimate of drug-likeness (QED) is 0.616. The summed E-state index contributed by atoms with van der Waals surface area (Å²) in [6.45, 7) is 2.30. The van der Waals surface area contributed by atoms with Crippen LogP contribution in [0, 0.1) is 0 Å². The van der Waals surface area contributed by atoms with Gasteiger partial charge in [0.2, 0.25) is 0 Å². The molecule has 1 rings (SSSR count). The first-order valence-electron chi connectivity index (χ1n) is 6.13. The van der Waals surface area contributed by atoms with E-state index < -0.39 is 24.1 Å². The summed E-state index contributed by atoms with van der Waals surface area (Å²) in [5.74, 6) is -1.26. The van der Waals surface area contributed by atoms with Crippen LogP contribution in [0.15, 0.2) is 30.3 Å². The molecule has 0 amide bonds. The van der Waals surface area contributed by atoms with E-state index in [0.717, 1.165) is 10.6 Å². The van der Waals surface area contributed by atoms with Gasteiger partial charge in [0.25, 0.3) is 0 Å². The van der Waals surface area contributed by atoms with Crippen molar-refractivity contribution in [3.8, 4) is 0 Å². The maximum Gasteiger partial charge on any atom is 0.331 e. The highest BCUT2D eigenvalue weighted by Crippen LogP contribution is 2.20. The van der Waals surface area contributed by atoms with Gasteiger partial charge in [-0.1, -0.05) is 30.3 Å². The second-order valence-corrected chi connectivity index (χ2v) is 4.53. The number of aliphatic hydroxyl groups excluding tert-OH is 1. The Morgan fingerprint density at radius 3 is 2.35 bits per heavy atom. The van der Waals surface area contributed by atoms with Crippen molar-refractivity contribution in [1.82, 2.24) is 5.06 Å². The highest BCUT2D eigenvalue weighted by molar-refractivity contribution is 5.80. The second kappa shape index (κ2) is 7.02. The van der Waals surface area contributed by atoms with Crippen molar-refractivity contribution < 1.29 is 24.3 Å². The SMILES string of the molecule is COC(=O)[C@@](C)(CO)N(Cc1ccccc1)OC(C)=O. The van der Waals surface area contributed by atoms with Crippen LogP contribution in [-0.4, -0.2) is 41.4 Å². The average Bonchev–Trinajstić information content (AvgIpc) is 2.45. The van der Waals surface area contributed by atoms with Crippen molar-refractivity contribution in [2.24, 2.45) is 0 Å². The number of hydrogen-bond donors (Lipinski definition) is 1. The van der Waals surface area contributed by atoms with Crippen molar-refractivity contribution in [3.63, 3.8) is 0 Å². The van der Waals surface area contributed by atoms with Gasteiger partial charge < -0.3 is 14.7 Å². The molecule has 0 saturated carbocycles. The minimum Gasteiger partial charge on any atom is -0.467 e. The zero-order valence-corrected chi connectivity index (χ0v) is 11.8. The molecule has 0 radical (unpaired) electrons. The van der Waals surface area contributed by atoms with Crippen molar-refractivity contribution in [3.05, 3.63) is 35.9 Å². The van der Waals surface area contributed by atoms with E-state index in [2.05, 4.69) is 4.74 Å². The first-order valence-corrected chi connectivity index (χ1v) is 6.13. The van der Waals surface area contributed by atoms with Crippen LogP contribution in [0.5, 0.6) is 0 Å². The molecular weight excluding hydrogens is 262 g/mol. The van der Waals surface area contributed by atoms with Crippen molar-refractivity contribution >= 4 is 11.9 Å². The first kappa shape index (κ1) is 16.1. The Labute approximate surface area is 117 Å². The lowest BCUT2D eigenvalue weighted by atomic mass is 10.0. The molecule has 0 fully saturated rings. The molecule has 110 valence electrons. The maximum absolute atomic E-state index is 11.9. The number of ether oxygens (including phenoxy) is 1. The number of carbonyl (C=O) groups excluding carboxylic acids is 2. The number of esters is 1. The van der Waals surface area contributed by atoms with Gasteiger partial charge in [-0.05, 0) is 12.5 Å². The fraction of sp³-hybridized carbons (Fsp3) is 0.429. The van der Waals surface area contributed by atoms with Gasteiger partial charge in [0.05, 0.1) is 20.3 Å². The molecule has 1 N–H and O–H groups in total. The highest BCUT2D eigenvalue weighted by Gasteiger charge is 2.43. The minimum atomic E-state index is -1.46. The molecule has 0 aliphatic carbocycles. The van der Waals surface area contributed by atoms with E-state index in [1.54, 1.807) is 0 Å². The van der Waals surface area contributed by atoms with E-state index in [1.165, 1.54) is 21.0 Å². The molecule has 0 heterocycles. The summed E-state index contributed by atoms with van der Waals surface area (Å²) < 4.78 is 4.67. The molecule has 6 heteroatoms. The minimum absolute atomic E-state index is 0.159. The van der Waals surface area contributed by atoms with E-state index in [9.17, 15) is 14.7 Å². The van der Waals surface area contributed by atoms with Crippen LogP contribution in [0.2, 0.25) is 0 Å². The topological polar surface area (TPSA) is 76.1 Å². The largest absolute Gasteiger partial charge is 0.467 e. The predicted molar refractivity (Wildman–Crippen MR) is 71.3 cm³/mol. The summed E-state index contributed by atoms with van der Waals surface area (Å²) in [6.07, 6.45) is 0. The number of hydrogen-bond acceptors (Lipinski definition) is 6. The molecule has 0 spiro atoms. The first-order chi connectivity index (χ1) is 9.43. The molecule has 0 aromatic heterocycles. The van der Waals surface area contributed by atoms with Gasteiger partial charge in [0.15, 0.2) is 5.54 Å². The van der Waals surface area contributed by atoms with Gasteiger partial charge >= 0.3 is 11.9 Å². The molecule has 6 nitrogen and oxygen atoms in total. The van der Waals surface area contributed by atoms with Crippen LogP contribution in [0.3, 0.4) is 0 Å². The molecule has 0 bridgehead atoms. The van der Waals surface area contributed by atoms with Crippen LogP contribution in [0.1, 0.15) is 19.4 Å². The zero-order valence-electron chi connectivity index (χ0n) is 11.8. The van der Waals surface area contributed by atoms with Gasteiger partial charge in [-0.2, -0.15) is 0 Å². The third-order valence-corrected chi connectivity index (χ3v) is 2.89. The summed E-state index contributed by atoms with van der Waals surface area (Å²) in [4.78, 5) is 28.1. The molecule has 0 aliphatic heterocycles. The van der Waals surface area contributed by atoms with Gasteiger partial charge in [-0.15, -0.1) is 5.06 Å². The fourth-order valence-electron chi connectivity index (χ4n) is 1.68. The van der Waals surface area contributed by atoms with Crippen LogP contribution < -0.4 is 0 Å². The van der Waals surface area contributed by atoms with Crippen LogP contribution >= 0.6 is 0 Å². The lowest BCUT2D eigenvalue weighted by molar-refractivity contribution is -0.233. The molecule has 0 aliphatic rings. The van der Waals surface area contributed by atoms with Crippen molar-refractivity contribution in [2.75, 3.05) is 13.7 Å². The number of methoxy groups -OCH3 is 1. The van der Waals surface area contributed by atoms with Gasteiger partial charge in [0.1, 0.15) is 0 Å². The monoisotopic (exact) mass is 281 g/mol. The Hall–Kier alpha value is -1.92. The van der Waals surface area contributed by atoms with Crippen molar-refractivity contribution in [1.29, 1.82) is 0 Å². The fourth-order valence-corrected chi connectivity index (χ4v) is 1.68. The number of aliphatic hydroxyl groups is 1. The van der Waals surface area contributed by atoms with E-state index in [4.69, 9.17) is 4.84 Å². The smallest absolute Gasteiger partial charge is 0.331 e. The Kier molecular flexibility index (Phi) is 5.66. The number of benzene rings is 1. The Balaban J connectivity index is 3.04. The summed E-state index contributed by atoms with van der Waals surface area (Å²) in [6, 6.07) is 9.16. The second-order valence-electron chi connectivity index (χ2n) is 4.53. The highest BCUT2D eigenvalue weighted by atomic mass is 16.7.